The van der Waals surface area contributed by atoms with Gasteiger partial charge in [-0.1, -0.05) is 0 Å². The van der Waals surface area contributed by atoms with Crippen molar-refractivity contribution >= 4 is 23.3 Å². The minimum absolute atomic E-state index is 0.0191. The summed E-state index contributed by atoms with van der Waals surface area (Å²) >= 11 is 0. The molecule has 0 radical (unpaired) electrons. The Morgan fingerprint density at radius 1 is 1.21 bits per heavy atom. The van der Waals surface area contributed by atoms with Crippen LogP contribution in [0.2, 0.25) is 0 Å². The number of nitrogens with zero attached hydrogens (tertiary/aromatic N) is 2. The third kappa shape index (κ3) is 3.62. The van der Waals surface area contributed by atoms with E-state index in [2.05, 4.69) is 15.6 Å². The lowest BCUT2D eigenvalue weighted by Gasteiger charge is -2.17. The normalized spacial score (nSPS) is 16.8. The molecule has 0 unspecified atom stereocenters. The first-order valence-electron chi connectivity index (χ1n) is 7.57. The van der Waals surface area contributed by atoms with Crippen LogP contribution in [-0.4, -0.2) is 36.6 Å². The fourth-order valence-corrected chi connectivity index (χ4v) is 2.60. The van der Waals surface area contributed by atoms with Crippen molar-refractivity contribution in [3.8, 4) is 5.75 Å². The molecule has 1 atom stereocenters. The second kappa shape index (κ2) is 6.99. The van der Waals surface area contributed by atoms with Gasteiger partial charge in [-0.3, -0.25) is 9.78 Å². The molecule has 1 aromatic heterocycles. The largest absolute Gasteiger partial charge is 0.497 e. The Morgan fingerprint density at radius 3 is 2.58 bits per heavy atom. The van der Waals surface area contributed by atoms with Crippen LogP contribution in [0.5, 0.6) is 5.75 Å². The molecule has 1 aliphatic heterocycles. The number of ether oxygens (including phenoxy) is 1. The maximum Gasteiger partial charge on any atom is 0.319 e. The van der Waals surface area contributed by atoms with Gasteiger partial charge in [-0.15, -0.1) is 0 Å². The third-order valence-corrected chi connectivity index (χ3v) is 3.78. The van der Waals surface area contributed by atoms with E-state index in [0.29, 0.717) is 12.2 Å². The predicted molar refractivity (Wildman–Crippen MR) is 90.1 cm³/mol. The van der Waals surface area contributed by atoms with Crippen LogP contribution in [0, 0.1) is 0 Å². The number of hydrogen-bond donors (Lipinski definition) is 2. The number of urea groups is 1. The summed E-state index contributed by atoms with van der Waals surface area (Å²) in [6.45, 7) is 0.439. The number of carbonyl (C=O) groups excluding carboxylic acids is 2. The maximum absolute atomic E-state index is 12.2. The number of rotatable bonds is 4. The zero-order valence-electron chi connectivity index (χ0n) is 13.2. The van der Waals surface area contributed by atoms with E-state index >= 15 is 0 Å². The van der Waals surface area contributed by atoms with Gasteiger partial charge in [0.25, 0.3) is 0 Å². The number of amides is 3. The van der Waals surface area contributed by atoms with Gasteiger partial charge in [0.05, 0.1) is 13.2 Å². The highest BCUT2D eigenvalue weighted by Gasteiger charge is 2.31. The molecule has 0 spiro atoms. The fourth-order valence-electron chi connectivity index (χ4n) is 2.60. The molecule has 124 valence electrons. The van der Waals surface area contributed by atoms with Crippen LogP contribution in [0.4, 0.5) is 16.2 Å². The van der Waals surface area contributed by atoms with E-state index in [-0.39, 0.29) is 24.4 Å². The summed E-state index contributed by atoms with van der Waals surface area (Å²) in [4.78, 5) is 29.8. The molecular formula is C17H18N4O3. The van der Waals surface area contributed by atoms with E-state index in [1.54, 1.807) is 48.7 Å². The maximum atomic E-state index is 12.2. The SMILES string of the molecule is COc1ccc(N2C[C@H](NC(=O)Nc3ccncc3)CC2=O)cc1. The quantitative estimate of drug-likeness (QED) is 0.900. The molecule has 3 rings (SSSR count). The van der Waals surface area contributed by atoms with E-state index in [9.17, 15) is 9.59 Å². The van der Waals surface area contributed by atoms with E-state index in [1.165, 1.54) is 0 Å². The van der Waals surface area contributed by atoms with Crippen molar-refractivity contribution in [2.45, 2.75) is 12.5 Å². The Balaban J connectivity index is 1.59. The second-order valence-electron chi connectivity index (χ2n) is 5.44. The Labute approximate surface area is 139 Å². The smallest absolute Gasteiger partial charge is 0.319 e. The molecule has 1 saturated heterocycles. The van der Waals surface area contributed by atoms with Gasteiger partial charge in [0.1, 0.15) is 5.75 Å². The summed E-state index contributed by atoms with van der Waals surface area (Å²) in [7, 11) is 1.59. The van der Waals surface area contributed by atoms with Crippen molar-refractivity contribution in [3.63, 3.8) is 0 Å². The zero-order chi connectivity index (χ0) is 16.9. The first kappa shape index (κ1) is 15.8. The third-order valence-electron chi connectivity index (χ3n) is 3.78. The number of aromatic nitrogens is 1. The average Bonchev–Trinajstić information content (AvgIpc) is 2.96. The molecule has 7 nitrogen and oxygen atoms in total. The highest BCUT2D eigenvalue weighted by molar-refractivity contribution is 5.97. The molecule has 2 aromatic rings. The number of hydrogen-bond acceptors (Lipinski definition) is 4. The van der Waals surface area contributed by atoms with Crippen LogP contribution in [-0.2, 0) is 4.79 Å². The Hall–Kier alpha value is -3.09. The minimum Gasteiger partial charge on any atom is -0.497 e. The van der Waals surface area contributed by atoms with Gasteiger partial charge in [-0.25, -0.2) is 4.79 Å². The van der Waals surface area contributed by atoms with Crippen LogP contribution in [0.3, 0.4) is 0 Å². The van der Waals surface area contributed by atoms with Gasteiger partial charge >= 0.3 is 6.03 Å². The Bertz CT molecular complexity index is 718. The number of methoxy groups -OCH3 is 1. The van der Waals surface area contributed by atoms with Crippen molar-refractivity contribution in [2.24, 2.45) is 0 Å². The minimum atomic E-state index is -0.337. The van der Waals surface area contributed by atoms with Gasteiger partial charge in [-0.05, 0) is 36.4 Å². The predicted octanol–water partition coefficient (Wildman–Crippen LogP) is 2.02. The summed E-state index contributed by atoms with van der Waals surface area (Å²) in [5, 5.41) is 5.54. The summed E-state index contributed by atoms with van der Waals surface area (Å²) in [6, 6.07) is 10.1. The molecule has 2 heterocycles. The van der Waals surface area contributed by atoms with Gasteiger partial charge < -0.3 is 20.3 Å². The first-order chi connectivity index (χ1) is 11.7. The topological polar surface area (TPSA) is 83.6 Å². The van der Waals surface area contributed by atoms with E-state index in [4.69, 9.17) is 4.74 Å². The van der Waals surface area contributed by atoms with Gasteiger partial charge in [0.2, 0.25) is 5.91 Å². The van der Waals surface area contributed by atoms with Crippen molar-refractivity contribution in [1.82, 2.24) is 10.3 Å². The molecule has 0 bridgehead atoms. The fraction of sp³-hybridized carbons (Fsp3) is 0.235. The van der Waals surface area contributed by atoms with Crippen LogP contribution in [0.1, 0.15) is 6.42 Å². The molecule has 3 amide bonds. The lowest BCUT2D eigenvalue weighted by molar-refractivity contribution is -0.117. The number of nitrogens with one attached hydrogen (secondary N) is 2. The molecule has 2 N–H and O–H groups in total. The molecule has 1 aliphatic rings. The van der Waals surface area contributed by atoms with Crippen molar-refractivity contribution < 1.29 is 14.3 Å². The highest BCUT2D eigenvalue weighted by atomic mass is 16.5. The van der Waals surface area contributed by atoms with Crippen molar-refractivity contribution in [3.05, 3.63) is 48.8 Å². The van der Waals surface area contributed by atoms with Crippen LogP contribution in [0.25, 0.3) is 0 Å². The van der Waals surface area contributed by atoms with Crippen molar-refractivity contribution in [1.29, 1.82) is 0 Å². The molecular weight excluding hydrogens is 308 g/mol. The number of anilines is 2. The van der Waals surface area contributed by atoms with Crippen LogP contribution in [0.15, 0.2) is 48.8 Å². The molecule has 1 fully saturated rings. The summed E-state index contributed by atoms with van der Waals surface area (Å²) < 4.78 is 5.12. The molecule has 24 heavy (non-hydrogen) atoms. The standard InChI is InChI=1S/C17H18N4O3/c1-24-15-4-2-14(3-5-15)21-11-13(10-16(21)22)20-17(23)19-12-6-8-18-9-7-12/h2-9,13H,10-11H2,1H3,(H2,18,19,20,23)/t13-/m1/s1. The van der Waals surface area contributed by atoms with E-state index < -0.39 is 0 Å². The highest BCUT2D eigenvalue weighted by Crippen LogP contribution is 2.24. The van der Waals surface area contributed by atoms with Crippen LogP contribution >= 0.6 is 0 Å². The number of carbonyl (C=O) groups is 2. The Kier molecular flexibility index (Phi) is 4.60. The summed E-state index contributed by atoms with van der Waals surface area (Å²) in [6.07, 6.45) is 3.47. The van der Waals surface area contributed by atoms with Crippen LogP contribution < -0.4 is 20.3 Å². The van der Waals surface area contributed by atoms with E-state index in [1.807, 2.05) is 12.1 Å². The molecule has 0 aliphatic carbocycles. The summed E-state index contributed by atoms with van der Waals surface area (Å²) in [5.41, 5.74) is 1.44. The second-order valence-corrected chi connectivity index (χ2v) is 5.44. The number of pyridine rings is 1. The van der Waals surface area contributed by atoms with Gasteiger partial charge in [-0.2, -0.15) is 0 Å². The first-order valence-corrected chi connectivity index (χ1v) is 7.57. The lowest BCUT2D eigenvalue weighted by Crippen LogP contribution is -2.39. The molecule has 0 saturated carbocycles. The molecule has 7 heteroatoms. The van der Waals surface area contributed by atoms with E-state index in [0.717, 1.165) is 11.4 Å². The summed E-state index contributed by atoms with van der Waals surface area (Å²) in [5.74, 6) is 0.714. The Morgan fingerprint density at radius 2 is 1.92 bits per heavy atom. The lowest BCUT2D eigenvalue weighted by atomic mass is 10.2. The van der Waals surface area contributed by atoms with Gasteiger partial charge in [0.15, 0.2) is 0 Å². The van der Waals surface area contributed by atoms with Gasteiger partial charge in [0, 0.05) is 36.7 Å². The zero-order valence-corrected chi connectivity index (χ0v) is 13.2. The number of benzene rings is 1. The molecule has 1 aromatic carbocycles. The van der Waals surface area contributed by atoms with Crippen molar-refractivity contribution in [2.75, 3.05) is 23.9 Å². The average molecular weight is 326 g/mol. The monoisotopic (exact) mass is 326 g/mol.